The van der Waals surface area contributed by atoms with Crippen LogP contribution >= 0.6 is 0 Å². The van der Waals surface area contributed by atoms with Crippen LogP contribution in [0, 0.1) is 0 Å². The van der Waals surface area contributed by atoms with Crippen LogP contribution in [0.4, 0.5) is 0 Å². The van der Waals surface area contributed by atoms with Crippen LogP contribution in [0.2, 0.25) is 0 Å². The average molecular weight is 355 g/mol. The summed E-state index contributed by atoms with van der Waals surface area (Å²) < 4.78 is 15.8. The van der Waals surface area contributed by atoms with E-state index >= 15 is 0 Å². The Kier molecular flexibility index (Phi) is 6.32. The van der Waals surface area contributed by atoms with E-state index in [0.29, 0.717) is 0 Å². The number of nitrogens with one attached hydrogen (secondary N) is 1. The highest BCUT2D eigenvalue weighted by molar-refractivity contribution is 5.92. The zero-order valence-electron chi connectivity index (χ0n) is 13.8. The number of esters is 1. The molecule has 5 atom stereocenters. The molecule has 1 aliphatic rings. The summed E-state index contributed by atoms with van der Waals surface area (Å²) >= 11 is 0. The molecule has 0 unspecified atom stereocenters. The Labute approximate surface area is 144 Å². The van der Waals surface area contributed by atoms with E-state index < -0.39 is 49.1 Å². The van der Waals surface area contributed by atoms with Crippen molar-refractivity contribution in [3.63, 3.8) is 0 Å². The molecular weight excluding hydrogens is 334 g/mol. The van der Waals surface area contributed by atoms with E-state index in [-0.39, 0.29) is 11.3 Å². The smallest absolute Gasteiger partial charge is 0.341 e. The Morgan fingerprint density at radius 3 is 2.52 bits per heavy atom. The van der Waals surface area contributed by atoms with Gasteiger partial charge in [0.25, 0.3) is 0 Å². The Morgan fingerprint density at radius 1 is 1.24 bits per heavy atom. The van der Waals surface area contributed by atoms with Crippen molar-refractivity contribution in [2.75, 3.05) is 13.7 Å². The molecule has 0 radical (unpaired) electrons. The summed E-state index contributed by atoms with van der Waals surface area (Å²) in [5.74, 6) is -1.01. The van der Waals surface area contributed by atoms with Crippen molar-refractivity contribution in [3.8, 4) is 5.75 Å². The first-order valence-electron chi connectivity index (χ1n) is 7.62. The molecule has 1 aromatic rings. The number of carbonyl (C=O) groups is 2. The lowest BCUT2D eigenvalue weighted by molar-refractivity contribution is -0.244. The number of ether oxygens (including phenoxy) is 3. The number of aliphatic hydroxyl groups is 3. The number of para-hydroxylation sites is 1. The molecule has 1 aliphatic heterocycles. The minimum Gasteiger partial charge on any atom is -0.465 e. The van der Waals surface area contributed by atoms with E-state index in [9.17, 15) is 24.9 Å². The second-order valence-electron chi connectivity index (χ2n) is 5.54. The number of benzene rings is 1. The maximum atomic E-state index is 11.8. The predicted molar refractivity (Wildman–Crippen MR) is 83.8 cm³/mol. The van der Waals surface area contributed by atoms with E-state index in [4.69, 9.17) is 9.47 Å². The molecule has 0 saturated carbocycles. The molecule has 0 aromatic heterocycles. The fourth-order valence-electron chi connectivity index (χ4n) is 2.54. The lowest BCUT2D eigenvalue weighted by Gasteiger charge is -2.42. The topological polar surface area (TPSA) is 135 Å². The first-order chi connectivity index (χ1) is 11.9. The van der Waals surface area contributed by atoms with E-state index in [2.05, 4.69) is 10.1 Å². The molecule has 1 fully saturated rings. The summed E-state index contributed by atoms with van der Waals surface area (Å²) in [5, 5.41) is 31.9. The second kappa shape index (κ2) is 8.26. The first-order valence-corrected chi connectivity index (χ1v) is 7.62. The summed E-state index contributed by atoms with van der Waals surface area (Å²) in [6.45, 7) is 0.667. The Hall–Kier alpha value is -2.20. The van der Waals surface area contributed by atoms with Crippen LogP contribution in [0.25, 0.3) is 0 Å². The van der Waals surface area contributed by atoms with Crippen molar-refractivity contribution in [2.45, 2.75) is 37.6 Å². The van der Waals surface area contributed by atoms with Gasteiger partial charge in [-0.15, -0.1) is 0 Å². The lowest BCUT2D eigenvalue weighted by Crippen LogP contribution is -2.65. The van der Waals surface area contributed by atoms with Crippen molar-refractivity contribution in [3.05, 3.63) is 29.8 Å². The average Bonchev–Trinajstić information content (AvgIpc) is 2.60. The number of hydrogen-bond acceptors (Lipinski definition) is 8. The molecule has 2 rings (SSSR count). The molecule has 1 heterocycles. The summed E-state index contributed by atoms with van der Waals surface area (Å²) in [5.41, 5.74) is 0.122. The molecule has 1 saturated heterocycles. The largest absolute Gasteiger partial charge is 0.465 e. The second-order valence-corrected chi connectivity index (χ2v) is 5.54. The standard InChI is InChI=1S/C16H21NO8/c1-8(19)17-12-14(21)13(20)11(7-18)25-16(12)24-10-6-4-3-5-9(10)15(22)23-2/h3-6,11-14,16,18,20-21H,7H2,1-2H3,(H,17,19)/t11-,12+,13+,14+,16-/m0/s1. The molecule has 0 aliphatic carbocycles. The number of hydrogen-bond donors (Lipinski definition) is 4. The van der Waals surface area contributed by atoms with Gasteiger partial charge >= 0.3 is 5.97 Å². The van der Waals surface area contributed by atoms with Crippen molar-refractivity contribution < 1.29 is 39.1 Å². The van der Waals surface area contributed by atoms with Crippen molar-refractivity contribution in [1.29, 1.82) is 0 Å². The zero-order chi connectivity index (χ0) is 18.6. The van der Waals surface area contributed by atoms with Crippen LogP contribution in [-0.4, -0.2) is 71.6 Å². The Bertz CT molecular complexity index is 622. The summed E-state index contributed by atoms with van der Waals surface area (Å²) in [4.78, 5) is 23.2. The first kappa shape index (κ1) is 19.1. The fraction of sp³-hybridized carbons (Fsp3) is 0.500. The zero-order valence-corrected chi connectivity index (χ0v) is 13.8. The molecule has 4 N–H and O–H groups in total. The van der Waals surface area contributed by atoms with Gasteiger partial charge < -0.3 is 34.8 Å². The van der Waals surface area contributed by atoms with Gasteiger partial charge in [-0.3, -0.25) is 4.79 Å². The van der Waals surface area contributed by atoms with Crippen molar-refractivity contribution in [1.82, 2.24) is 5.32 Å². The summed E-state index contributed by atoms with van der Waals surface area (Å²) in [6, 6.07) is 5.09. The molecule has 25 heavy (non-hydrogen) atoms. The van der Waals surface area contributed by atoms with Crippen molar-refractivity contribution >= 4 is 11.9 Å². The Morgan fingerprint density at radius 2 is 1.92 bits per heavy atom. The van der Waals surface area contributed by atoms with E-state index in [1.807, 2.05) is 0 Å². The third-order valence-electron chi connectivity index (χ3n) is 3.79. The summed E-state index contributed by atoms with van der Waals surface area (Å²) in [7, 11) is 1.22. The highest BCUT2D eigenvalue weighted by atomic mass is 16.7. The van der Waals surface area contributed by atoms with Gasteiger partial charge in [-0.2, -0.15) is 0 Å². The maximum absolute atomic E-state index is 11.8. The fourth-order valence-corrected chi connectivity index (χ4v) is 2.54. The van der Waals surface area contributed by atoms with E-state index in [1.54, 1.807) is 12.1 Å². The van der Waals surface area contributed by atoms with Gasteiger partial charge in [0, 0.05) is 6.92 Å². The molecular formula is C16H21NO8. The SMILES string of the molecule is COC(=O)c1ccccc1O[C@H]1O[C@@H](CO)[C@@H](O)[C@H](O)[C@H]1NC(C)=O. The quantitative estimate of drug-likeness (QED) is 0.484. The predicted octanol–water partition coefficient (Wildman–Crippen LogP) is -1.20. The molecule has 0 spiro atoms. The van der Waals surface area contributed by atoms with Crippen molar-refractivity contribution in [2.24, 2.45) is 0 Å². The number of aliphatic hydroxyl groups excluding tert-OH is 3. The molecule has 9 heteroatoms. The third kappa shape index (κ3) is 4.26. The molecule has 1 aromatic carbocycles. The van der Waals surface area contributed by atoms with Gasteiger partial charge in [-0.05, 0) is 12.1 Å². The maximum Gasteiger partial charge on any atom is 0.341 e. The van der Waals surface area contributed by atoms with Crippen LogP contribution in [0.15, 0.2) is 24.3 Å². The summed E-state index contributed by atoms with van der Waals surface area (Å²) in [6.07, 6.45) is -5.22. The van der Waals surface area contributed by atoms with Crippen LogP contribution in [0.5, 0.6) is 5.75 Å². The molecule has 1 amide bonds. The van der Waals surface area contributed by atoms with Gasteiger partial charge in [0.05, 0.1) is 13.7 Å². The highest BCUT2D eigenvalue weighted by Gasteiger charge is 2.46. The third-order valence-corrected chi connectivity index (χ3v) is 3.79. The van der Waals surface area contributed by atoms with E-state index in [0.717, 1.165) is 0 Å². The van der Waals surface area contributed by atoms with Crippen LogP contribution in [-0.2, 0) is 14.3 Å². The van der Waals surface area contributed by atoms with Crippen LogP contribution in [0.1, 0.15) is 17.3 Å². The molecule has 0 bridgehead atoms. The molecule has 9 nitrogen and oxygen atoms in total. The van der Waals surface area contributed by atoms with Crippen LogP contribution in [0.3, 0.4) is 0 Å². The normalized spacial score (nSPS) is 28.9. The minimum atomic E-state index is -1.44. The van der Waals surface area contributed by atoms with Gasteiger partial charge in [0.2, 0.25) is 12.2 Å². The number of carbonyl (C=O) groups excluding carboxylic acids is 2. The number of methoxy groups -OCH3 is 1. The minimum absolute atomic E-state index is 0.106. The monoisotopic (exact) mass is 355 g/mol. The van der Waals surface area contributed by atoms with E-state index in [1.165, 1.54) is 26.2 Å². The number of amides is 1. The lowest BCUT2D eigenvalue weighted by atomic mass is 9.97. The van der Waals surface area contributed by atoms with Gasteiger partial charge in [0.1, 0.15) is 35.7 Å². The Balaban J connectivity index is 2.30. The highest BCUT2D eigenvalue weighted by Crippen LogP contribution is 2.27. The van der Waals surface area contributed by atoms with Gasteiger partial charge in [-0.25, -0.2) is 4.79 Å². The number of rotatable bonds is 5. The molecule has 138 valence electrons. The van der Waals surface area contributed by atoms with Gasteiger partial charge in [0.15, 0.2) is 0 Å². The van der Waals surface area contributed by atoms with Gasteiger partial charge in [-0.1, -0.05) is 12.1 Å². The van der Waals surface area contributed by atoms with Crippen LogP contribution < -0.4 is 10.1 Å².